The Kier molecular flexibility index (Phi) is 6.84. The average molecular weight is 327 g/mol. The number of rotatable bonds is 5. The SMILES string of the molecule is CC(C)c1cccc(NC(=O)CN2CCC(C(=O)O)C2)c1.Cl. The summed E-state index contributed by atoms with van der Waals surface area (Å²) in [7, 11) is 0. The summed E-state index contributed by atoms with van der Waals surface area (Å²) in [5.41, 5.74) is 1.97. The van der Waals surface area contributed by atoms with Gasteiger partial charge in [-0.3, -0.25) is 14.5 Å². The van der Waals surface area contributed by atoms with Gasteiger partial charge in [0.1, 0.15) is 0 Å². The number of anilines is 1. The molecule has 122 valence electrons. The van der Waals surface area contributed by atoms with Gasteiger partial charge in [-0.05, 0) is 36.6 Å². The number of aliphatic carboxylic acids is 1. The molecule has 2 rings (SSSR count). The number of benzene rings is 1. The summed E-state index contributed by atoms with van der Waals surface area (Å²) in [4.78, 5) is 24.8. The predicted molar refractivity (Wildman–Crippen MR) is 88.6 cm³/mol. The minimum absolute atomic E-state index is 0. The number of amides is 1. The second-order valence-corrected chi connectivity index (χ2v) is 5.89. The van der Waals surface area contributed by atoms with Crippen molar-refractivity contribution in [1.29, 1.82) is 0 Å². The second kappa shape index (κ2) is 8.15. The number of likely N-dealkylation sites (tertiary alicyclic amines) is 1. The standard InChI is InChI=1S/C16H22N2O3.ClH/c1-11(2)12-4-3-5-14(8-12)17-15(19)10-18-7-6-13(9-18)16(20)21;/h3-5,8,11,13H,6-7,9-10H2,1-2H3,(H,17,19)(H,20,21);1H. The van der Waals surface area contributed by atoms with Crippen molar-refractivity contribution in [3.63, 3.8) is 0 Å². The van der Waals surface area contributed by atoms with E-state index >= 15 is 0 Å². The van der Waals surface area contributed by atoms with Gasteiger partial charge in [0.2, 0.25) is 5.91 Å². The van der Waals surface area contributed by atoms with Crippen LogP contribution < -0.4 is 5.32 Å². The molecule has 0 bridgehead atoms. The highest BCUT2D eigenvalue weighted by Gasteiger charge is 2.28. The topological polar surface area (TPSA) is 69.6 Å². The molecular formula is C16H23ClN2O3. The molecule has 0 saturated carbocycles. The van der Waals surface area contributed by atoms with Gasteiger partial charge >= 0.3 is 5.97 Å². The van der Waals surface area contributed by atoms with Crippen LogP contribution in [-0.4, -0.2) is 41.5 Å². The summed E-state index contributed by atoms with van der Waals surface area (Å²) in [5.74, 6) is -0.802. The van der Waals surface area contributed by atoms with Crippen LogP contribution >= 0.6 is 12.4 Å². The second-order valence-electron chi connectivity index (χ2n) is 5.89. The first-order chi connectivity index (χ1) is 9.95. The number of hydrogen-bond acceptors (Lipinski definition) is 3. The monoisotopic (exact) mass is 326 g/mol. The number of nitrogens with zero attached hydrogens (tertiary/aromatic N) is 1. The minimum atomic E-state index is -0.775. The number of carboxylic acids is 1. The van der Waals surface area contributed by atoms with Gasteiger partial charge < -0.3 is 10.4 Å². The molecule has 6 heteroatoms. The van der Waals surface area contributed by atoms with Gasteiger partial charge in [-0.2, -0.15) is 0 Å². The Balaban J connectivity index is 0.00000242. The zero-order valence-corrected chi connectivity index (χ0v) is 13.7. The van der Waals surface area contributed by atoms with Crippen LogP contribution in [0.5, 0.6) is 0 Å². The van der Waals surface area contributed by atoms with Crippen molar-refractivity contribution in [2.75, 3.05) is 25.0 Å². The first-order valence-corrected chi connectivity index (χ1v) is 7.30. The number of halogens is 1. The molecule has 1 unspecified atom stereocenters. The van der Waals surface area contributed by atoms with Crippen molar-refractivity contribution in [3.8, 4) is 0 Å². The molecule has 1 heterocycles. The van der Waals surface area contributed by atoms with Gasteiger partial charge in [-0.25, -0.2) is 0 Å². The molecular weight excluding hydrogens is 304 g/mol. The summed E-state index contributed by atoms with van der Waals surface area (Å²) in [6.07, 6.45) is 0.617. The number of carbonyl (C=O) groups excluding carboxylic acids is 1. The Hall–Kier alpha value is -1.59. The van der Waals surface area contributed by atoms with Crippen LogP contribution in [0.3, 0.4) is 0 Å². The third-order valence-corrected chi connectivity index (χ3v) is 3.83. The van der Waals surface area contributed by atoms with Crippen LogP contribution in [0.4, 0.5) is 5.69 Å². The summed E-state index contributed by atoms with van der Waals surface area (Å²) >= 11 is 0. The minimum Gasteiger partial charge on any atom is -0.481 e. The molecule has 5 nitrogen and oxygen atoms in total. The Labute approximate surface area is 137 Å². The molecule has 1 aliphatic rings. The molecule has 0 aliphatic carbocycles. The summed E-state index contributed by atoms with van der Waals surface area (Å²) in [6.45, 7) is 5.58. The average Bonchev–Trinajstić information content (AvgIpc) is 2.87. The molecule has 1 fully saturated rings. The predicted octanol–water partition coefficient (Wildman–Crippen LogP) is 2.58. The van der Waals surface area contributed by atoms with E-state index in [-0.39, 0.29) is 30.8 Å². The third kappa shape index (κ3) is 5.00. The van der Waals surface area contributed by atoms with Crippen LogP contribution in [-0.2, 0) is 9.59 Å². The smallest absolute Gasteiger partial charge is 0.307 e. The highest BCUT2D eigenvalue weighted by Crippen LogP contribution is 2.19. The highest BCUT2D eigenvalue weighted by molar-refractivity contribution is 5.92. The molecule has 0 radical (unpaired) electrons. The van der Waals surface area contributed by atoms with Crippen LogP contribution in [0.25, 0.3) is 0 Å². The number of carbonyl (C=O) groups is 2. The van der Waals surface area contributed by atoms with Gasteiger partial charge in [0.15, 0.2) is 0 Å². The molecule has 1 aromatic carbocycles. The van der Waals surface area contributed by atoms with E-state index in [4.69, 9.17) is 5.11 Å². The van der Waals surface area contributed by atoms with Gasteiger partial charge in [0, 0.05) is 12.2 Å². The molecule has 1 aliphatic heterocycles. The van der Waals surface area contributed by atoms with E-state index in [9.17, 15) is 9.59 Å². The molecule has 0 aromatic heterocycles. The van der Waals surface area contributed by atoms with Crippen molar-refractivity contribution in [3.05, 3.63) is 29.8 Å². The molecule has 0 spiro atoms. The van der Waals surface area contributed by atoms with Gasteiger partial charge in [0.25, 0.3) is 0 Å². The van der Waals surface area contributed by atoms with E-state index in [1.54, 1.807) is 0 Å². The maximum absolute atomic E-state index is 12.0. The van der Waals surface area contributed by atoms with E-state index in [1.807, 2.05) is 29.2 Å². The lowest BCUT2D eigenvalue weighted by atomic mass is 10.0. The molecule has 2 N–H and O–H groups in total. The highest BCUT2D eigenvalue weighted by atomic mass is 35.5. The van der Waals surface area contributed by atoms with Crippen LogP contribution in [0.15, 0.2) is 24.3 Å². The third-order valence-electron chi connectivity index (χ3n) is 3.83. The maximum Gasteiger partial charge on any atom is 0.307 e. The van der Waals surface area contributed by atoms with Crippen molar-refractivity contribution in [2.24, 2.45) is 5.92 Å². The summed E-state index contributed by atoms with van der Waals surface area (Å²) in [5, 5.41) is 11.8. The lowest BCUT2D eigenvalue weighted by Gasteiger charge is -2.15. The largest absolute Gasteiger partial charge is 0.481 e. The Morgan fingerprint density at radius 1 is 1.41 bits per heavy atom. The van der Waals surface area contributed by atoms with Crippen molar-refractivity contribution >= 4 is 30.0 Å². The number of carboxylic acid groups (broad SMARTS) is 1. The van der Waals surface area contributed by atoms with E-state index in [0.717, 1.165) is 5.69 Å². The fourth-order valence-electron chi connectivity index (χ4n) is 2.56. The Bertz CT molecular complexity index is 534. The lowest BCUT2D eigenvalue weighted by Crippen LogP contribution is -2.32. The fourth-order valence-corrected chi connectivity index (χ4v) is 2.56. The van der Waals surface area contributed by atoms with E-state index in [2.05, 4.69) is 19.2 Å². The Morgan fingerprint density at radius 3 is 2.73 bits per heavy atom. The summed E-state index contributed by atoms with van der Waals surface area (Å²) < 4.78 is 0. The fraction of sp³-hybridized carbons (Fsp3) is 0.500. The summed E-state index contributed by atoms with van der Waals surface area (Å²) in [6, 6.07) is 7.82. The van der Waals surface area contributed by atoms with Crippen LogP contribution in [0, 0.1) is 5.92 Å². The molecule has 1 amide bonds. The van der Waals surface area contributed by atoms with Crippen molar-refractivity contribution in [1.82, 2.24) is 4.90 Å². The van der Waals surface area contributed by atoms with Gasteiger partial charge in [-0.15, -0.1) is 12.4 Å². The lowest BCUT2D eigenvalue weighted by molar-refractivity contribution is -0.141. The van der Waals surface area contributed by atoms with Crippen LogP contribution in [0.1, 0.15) is 31.7 Å². The van der Waals surface area contributed by atoms with Crippen molar-refractivity contribution in [2.45, 2.75) is 26.2 Å². The van der Waals surface area contributed by atoms with E-state index < -0.39 is 5.97 Å². The molecule has 1 atom stereocenters. The Morgan fingerprint density at radius 2 is 2.14 bits per heavy atom. The quantitative estimate of drug-likeness (QED) is 0.872. The van der Waals surface area contributed by atoms with Crippen molar-refractivity contribution < 1.29 is 14.7 Å². The normalized spacial score (nSPS) is 18.0. The first kappa shape index (κ1) is 18.5. The van der Waals surface area contributed by atoms with Gasteiger partial charge in [0.05, 0.1) is 12.5 Å². The molecule has 1 aromatic rings. The zero-order valence-electron chi connectivity index (χ0n) is 12.9. The zero-order chi connectivity index (χ0) is 15.4. The molecule has 1 saturated heterocycles. The number of nitrogens with one attached hydrogen (secondary N) is 1. The number of hydrogen-bond donors (Lipinski definition) is 2. The maximum atomic E-state index is 12.0. The first-order valence-electron chi connectivity index (χ1n) is 7.30. The molecule has 22 heavy (non-hydrogen) atoms. The van der Waals surface area contributed by atoms with E-state index in [0.29, 0.717) is 25.4 Å². The van der Waals surface area contributed by atoms with E-state index in [1.165, 1.54) is 5.56 Å². The van der Waals surface area contributed by atoms with Crippen LogP contribution in [0.2, 0.25) is 0 Å². The van der Waals surface area contributed by atoms with Gasteiger partial charge in [-0.1, -0.05) is 26.0 Å².